The number of nitrogens with two attached hydrogens (primary N) is 2. The van der Waals surface area contributed by atoms with E-state index in [0.29, 0.717) is 89.7 Å². The maximum atomic E-state index is 14.2. The number of nitrogens with one attached hydrogen (secondary N) is 3. The first-order valence-electron chi connectivity index (χ1n) is 35.9. The van der Waals surface area contributed by atoms with E-state index in [0.717, 1.165) is 69.8 Å². The van der Waals surface area contributed by atoms with Gasteiger partial charge in [0.25, 0.3) is 23.6 Å². The summed E-state index contributed by atoms with van der Waals surface area (Å²) in [6, 6.07) is 17.1. The third-order valence-corrected chi connectivity index (χ3v) is 22.7. The van der Waals surface area contributed by atoms with E-state index in [-0.39, 0.29) is 111 Å². The monoisotopic (exact) mass is 1500 g/mol. The van der Waals surface area contributed by atoms with Gasteiger partial charge >= 0.3 is 25.7 Å². The number of rotatable bonds is 33. The maximum absolute atomic E-state index is 14.2. The van der Waals surface area contributed by atoms with Gasteiger partial charge in [-0.25, -0.2) is 29.3 Å². The Kier molecular flexibility index (Phi) is 23.7. The van der Waals surface area contributed by atoms with Crippen LogP contribution < -0.4 is 42.0 Å². The number of ether oxygens (including phenoxy) is 3. The van der Waals surface area contributed by atoms with Gasteiger partial charge in [0.05, 0.1) is 47.1 Å². The molecule has 106 heavy (non-hydrogen) atoms. The van der Waals surface area contributed by atoms with Gasteiger partial charge in [0.2, 0.25) is 11.8 Å². The molecule has 4 saturated carbocycles. The number of aromatic nitrogens is 4. The number of benzene rings is 3. The van der Waals surface area contributed by atoms with Crippen molar-refractivity contribution in [2.24, 2.45) is 33.6 Å². The molecule has 566 valence electrons. The number of thiazole rings is 1. The zero-order valence-electron chi connectivity index (χ0n) is 60.6. The smallest absolute Gasteiger partial charge is 0.409 e. The Balaban J connectivity index is 0.694. The fourth-order valence-corrected chi connectivity index (χ4v) is 18.5. The van der Waals surface area contributed by atoms with Gasteiger partial charge in [-0.2, -0.15) is 5.10 Å². The zero-order valence-corrected chi connectivity index (χ0v) is 62.3. The molecular weight excluding hydrogens is 1400 g/mol. The molecule has 3 aromatic carbocycles. The summed E-state index contributed by atoms with van der Waals surface area (Å²) >= 11 is 1.34. The molecule has 0 radical (unpaired) electrons. The average molecular weight is 1500 g/mol. The quantitative estimate of drug-likeness (QED) is 0.0108. The summed E-state index contributed by atoms with van der Waals surface area (Å²) in [5, 5.41) is 24.6. The van der Waals surface area contributed by atoms with E-state index < -0.39 is 72.9 Å². The third kappa shape index (κ3) is 18.1. The number of carbonyl (C=O) groups is 9. The summed E-state index contributed by atoms with van der Waals surface area (Å²) in [7, 11) is -2.61. The van der Waals surface area contributed by atoms with E-state index in [2.05, 4.69) is 34.8 Å². The lowest BCUT2D eigenvalue weighted by Gasteiger charge is -2.69. The zero-order chi connectivity index (χ0) is 76.0. The van der Waals surface area contributed by atoms with Gasteiger partial charge in [-0.3, -0.25) is 48.2 Å². The van der Waals surface area contributed by atoms with Crippen LogP contribution in [0.5, 0.6) is 5.75 Å². The molecule has 6 aromatic rings. The highest BCUT2D eigenvalue weighted by atomic mass is 32.1. The number of likely N-dealkylation sites (N-methyl/N-ethyl adjacent to an activating group) is 1. The molecule has 9 amide bonds. The van der Waals surface area contributed by atoms with Gasteiger partial charge in [-0.15, -0.1) is 0 Å². The van der Waals surface area contributed by atoms with Crippen molar-refractivity contribution in [2.45, 2.75) is 162 Å². The molecule has 10 N–H and O–H groups in total. The number of hydrogen-bond donors (Lipinski definition) is 8. The molecule has 5 heterocycles. The Hall–Kier alpha value is -9.45. The van der Waals surface area contributed by atoms with E-state index in [9.17, 15) is 62.6 Å². The van der Waals surface area contributed by atoms with Crippen LogP contribution in [0.4, 0.5) is 26.2 Å². The predicted molar refractivity (Wildman–Crippen MR) is 396 cm³/mol. The van der Waals surface area contributed by atoms with Crippen LogP contribution in [0.1, 0.15) is 154 Å². The normalized spacial score (nSPS) is 20.7. The number of hydrogen-bond acceptors (Lipinski definition) is 19. The summed E-state index contributed by atoms with van der Waals surface area (Å²) < 4.78 is 33.3. The molecule has 2 unspecified atom stereocenters. The minimum absolute atomic E-state index is 0.0404. The second-order valence-corrected chi connectivity index (χ2v) is 32.9. The van der Waals surface area contributed by atoms with Crippen LogP contribution >= 0.6 is 18.9 Å². The number of carbonyl (C=O) groups excluding carboxylic acids is 8. The van der Waals surface area contributed by atoms with E-state index >= 15 is 0 Å². The minimum Gasteiger partial charge on any atom is -0.493 e. The summed E-state index contributed by atoms with van der Waals surface area (Å²) in [4.78, 5) is 152. The number of anilines is 3. The average Bonchev–Trinajstić information content (AvgIpc) is 0.699. The number of carboxylic acids is 1. The lowest BCUT2D eigenvalue weighted by molar-refractivity contribution is -0.248. The first-order valence-corrected chi connectivity index (χ1v) is 38.6. The standard InChI is InChI=1S/C75H94N13O16PS/c1-46(2)63(82-60(89)17-8-7-11-30-86-61(90)26-27-62(86)91)66(93)79-56(15-12-29-76)67(94)88(69(77)97)49-20-18-48(19-21-49)38-103-71(98)84(6)32-34-104-75-42-72(4)39-73(5,43-75)41-74(40-72,44-75)45-87-47(3)53(36-78-87)51-23-25-59(81-64(51)68(95)96)85-31-28-50-54(37-85)52(22-24-57(50)102-33-13-35-105(99,100)101)65(92)83-70-80-55-14-9-10-16-58(55)106-70/h9-10,14,16,18-27,36,46,56,63H,7-8,11-13,15,17,28-35,37-45,76H2,1-6H3,(H2,77,97)(H,79,93)(H,82,89)(H,95,96)(H,80,83,92)(H2,99,100,101)/t56-,63-,72?,73?,74?,75?/m0/s1. The molecular formula is C75H94N13O16PS. The minimum atomic E-state index is -4.25. The number of nitrogens with zero attached hydrogens (tertiary/aromatic N) is 8. The maximum Gasteiger partial charge on any atom is 0.409 e. The Labute approximate surface area is 618 Å². The first-order chi connectivity index (χ1) is 50.4. The van der Waals surface area contributed by atoms with Crippen molar-refractivity contribution in [3.05, 3.63) is 125 Å². The van der Waals surface area contributed by atoms with Gasteiger partial charge in [0.15, 0.2) is 10.8 Å². The van der Waals surface area contributed by atoms with Crippen molar-refractivity contribution in [3.8, 4) is 16.9 Å². The van der Waals surface area contributed by atoms with Gasteiger partial charge in [0.1, 0.15) is 30.3 Å². The summed E-state index contributed by atoms with van der Waals surface area (Å²) in [6.45, 7) is 12.0. The Morgan fingerprint density at radius 1 is 0.821 bits per heavy atom. The summed E-state index contributed by atoms with van der Waals surface area (Å²) in [5.41, 5.74) is 15.6. The van der Waals surface area contributed by atoms with Crippen molar-refractivity contribution in [1.29, 1.82) is 0 Å². The van der Waals surface area contributed by atoms with E-state index in [1.54, 1.807) is 63.5 Å². The third-order valence-electron chi connectivity index (χ3n) is 20.8. The van der Waals surface area contributed by atoms with Gasteiger partial charge in [-0.05, 0) is 172 Å². The Bertz CT molecular complexity index is 4370. The molecule has 0 spiro atoms. The van der Waals surface area contributed by atoms with Crippen molar-refractivity contribution in [1.82, 2.24) is 40.2 Å². The second kappa shape index (κ2) is 32.3. The molecule has 31 heteroatoms. The van der Waals surface area contributed by atoms with Gasteiger partial charge < -0.3 is 61.0 Å². The molecule has 2 aliphatic heterocycles. The van der Waals surface area contributed by atoms with E-state index in [4.69, 9.17) is 35.8 Å². The van der Waals surface area contributed by atoms with E-state index in [1.807, 2.05) is 40.8 Å². The van der Waals surface area contributed by atoms with Crippen molar-refractivity contribution in [2.75, 3.05) is 67.7 Å². The number of fused-ring (bicyclic) bond motifs is 2. The van der Waals surface area contributed by atoms with Crippen molar-refractivity contribution < 1.29 is 76.8 Å². The van der Waals surface area contributed by atoms with Crippen LogP contribution in [-0.2, 0) is 64.1 Å². The van der Waals surface area contributed by atoms with Crippen molar-refractivity contribution >= 4 is 99.3 Å². The highest BCUT2D eigenvalue weighted by Crippen LogP contribution is 2.72. The van der Waals surface area contributed by atoms with E-state index in [1.165, 1.54) is 40.5 Å². The van der Waals surface area contributed by atoms with Crippen LogP contribution in [0, 0.1) is 29.1 Å². The van der Waals surface area contributed by atoms with Gasteiger partial charge in [0, 0.05) is 86.3 Å². The van der Waals surface area contributed by atoms with Crippen LogP contribution in [0.3, 0.4) is 0 Å². The van der Waals surface area contributed by atoms with Crippen LogP contribution in [0.2, 0.25) is 0 Å². The number of pyridine rings is 1. The molecule has 12 rings (SSSR count). The number of imide groups is 2. The lowest BCUT2D eigenvalue weighted by atomic mass is 9.39. The fraction of sp³-hybridized carbons (Fsp3) is 0.493. The van der Waals surface area contributed by atoms with Crippen molar-refractivity contribution in [3.63, 3.8) is 0 Å². The SMILES string of the molecule is Cc1c(-c2ccc(N3CCc4c(OCCCP(=O)(O)O)ccc(C(=O)Nc5nc6ccccc6s5)c4C3)nc2C(=O)O)cnn1CC12CC3(C)CC(C)(C1)CC(OCCN(C)C(=O)OCc1ccc(N(C(N)=O)C(=O)[C@H](CCCN)NC(=O)[C@@H](NC(=O)CCCCCN4C(=O)C=CC4=O)C(C)C)cc1)(C3)C2. The summed E-state index contributed by atoms with van der Waals surface area (Å²) in [6.07, 6.45) is 11.0. The molecule has 4 fully saturated rings. The Morgan fingerprint density at radius 3 is 2.23 bits per heavy atom. The number of primary amides is 1. The number of amides is 9. The molecule has 4 aliphatic carbocycles. The molecule has 0 saturated heterocycles. The number of unbranched alkanes of at least 4 members (excludes halogenated alkanes) is 2. The van der Waals surface area contributed by atoms with Crippen LogP contribution in [0.25, 0.3) is 21.3 Å². The fourth-order valence-electron chi connectivity index (χ4n) is 17.1. The van der Waals surface area contributed by atoms with Crippen LogP contribution in [0.15, 0.2) is 91.1 Å². The predicted octanol–water partition coefficient (Wildman–Crippen LogP) is 8.99. The molecule has 29 nitrogen and oxygen atoms in total. The van der Waals surface area contributed by atoms with Crippen LogP contribution in [-0.4, -0.2) is 168 Å². The molecule has 4 atom stereocenters. The molecule has 3 aromatic heterocycles. The second-order valence-electron chi connectivity index (χ2n) is 30.1. The first kappa shape index (κ1) is 77.6. The number of para-hydroxylation sites is 1. The highest BCUT2D eigenvalue weighted by Gasteiger charge is 2.66. The molecule has 6 aliphatic rings. The largest absolute Gasteiger partial charge is 0.493 e. The Morgan fingerprint density at radius 2 is 1.55 bits per heavy atom. The van der Waals surface area contributed by atoms with Gasteiger partial charge in [-0.1, -0.05) is 69.7 Å². The number of carboxylic acid groups (broad SMARTS) is 1. The number of urea groups is 1. The topological polar surface area (TPSA) is 404 Å². The number of aromatic carboxylic acids is 1. The highest BCUT2D eigenvalue weighted by molar-refractivity contribution is 7.51. The lowest BCUT2D eigenvalue weighted by Crippen LogP contribution is -2.64. The summed E-state index contributed by atoms with van der Waals surface area (Å²) in [5.74, 6) is -3.78. The molecule has 4 bridgehead atoms.